The van der Waals surface area contributed by atoms with Crippen molar-refractivity contribution in [2.24, 2.45) is 0 Å². The van der Waals surface area contributed by atoms with Gasteiger partial charge in [-0.2, -0.15) is 13.2 Å². The molecule has 0 aliphatic heterocycles. The second-order valence-corrected chi connectivity index (χ2v) is 7.29. The van der Waals surface area contributed by atoms with Crippen molar-refractivity contribution in [3.63, 3.8) is 0 Å². The van der Waals surface area contributed by atoms with E-state index < -0.39 is 22.1 Å². The third kappa shape index (κ3) is 4.20. The molecule has 0 aromatic heterocycles. The van der Waals surface area contributed by atoms with Gasteiger partial charge in [0.2, 0.25) is 0 Å². The zero-order valence-electron chi connectivity index (χ0n) is 13.6. The Morgan fingerprint density at radius 3 is 2.15 bits per heavy atom. The summed E-state index contributed by atoms with van der Waals surface area (Å²) in [7, 11) is -3.96. The minimum atomic E-state index is -5.03. The van der Waals surface area contributed by atoms with Gasteiger partial charge < -0.3 is 5.32 Å². The van der Waals surface area contributed by atoms with Crippen molar-refractivity contribution in [3.8, 4) is 0 Å². The van der Waals surface area contributed by atoms with Gasteiger partial charge in [0.1, 0.15) is 0 Å². The standard InChI is InChI=1S/C18H13F3N2O3S/c19-18(20,21)17(24)22-13-8-10-14(11-9-13)27(25,26)23-16-7-3-5-12-4-1-2-6-15(12)16/h1-11,23H,(H,22,24). The molecule has 0 fully saturated rings. The van der Waals surface area contributed by atoms with Gasteiger partial charge in [-0.1, -0.05) is 36.4 Å². The molecule has 0 bridgehead atoms. The number of hydrogen-bond donors (Lipinski definition) is 2. The highest BCUT2D eigenvalue weighted by Gasteiger charge is 2.38. The monoisotopic (exact) mass is 394 g/mol. The van der Waals surface area contributed by atoms with E-state index in [2.05, 4.69) is 4.72 Å². The van der Waals surface area contributed by atoms with Crippen LogP contribution in [0.3, 0.4) is 0 Å². The minimum Gasteiger partial charge on any atom is -0.318 e. The van der Waals surface area contributed by atoms with Crippen LogP contribution in [0.15, 0.2) is 71.6 Å². The van der Waals surface area contributed by atoms with Crippen molar-refractivity contribution < 1.29 is 26.4 Å². The van der Waals surface area contributed by atoms with Gasteiger partial charge in [-0.25, -0.2) is 8.42 Å². The van der Waals surface area contributed by atoms with Crippen LogP contribution in [0.4, 0.5) is 24.5 Å². The lowest BCUT2D eigenvalue weighted by atomic mass is 10.1. The summed E-state index contributed by atoms with van der Waals surface area (Å²) in [6, 6.07) is 16.8. The number of halogens is 3. The van der Waals surface area contributed by atoms with Crippen LogP contribution in [0.2, 0.25) is 0 Å². The molecule has 0 saturated carbocycles. The van der Waals surface area contributed by atoms with Crippen molar-refractivity contribution >= 4 is 38.1 Å². The fourth-order valence-electron chi connectivity index (χ4n) is 2.44. The molecule has 0 spiro atoms. The highest BCUT2D eigenvalue weighted by molar-refractivity contribution is 7.92. The van der Waals surface area contributed by atoms with Crippen molar-refractivity contribution in [2.45, 2.75) is 11.1 Å². The number of amides is 1. The summed E-state index contributed by atoms with van der Waals surface area (Å²) in [5.41, 5.74) is 0.212. The highest BCUT2D eigenvalue weighted by atomic mass is 32.2. The van der Waals surface area contributed by atoms with E-state index in [-0.39, 0.29) is 10.6 Å². The Kier molecular flexibility index (Phi) is 4.79. The summed E-state index contributed by atoms with van der Waals surface area (Å²) in [6.45, 7) is 0. The molecule has 9 heteroatoms. The first-order valence-electron chi connectivity index (χ1n) is 7.66. The number of nitrogens with one attached hydrogen (secondary N) is 2. The zero-order chi connectivity index (χ0) is 19.7. The van der Waals surface area contributed by atoms with E-state index in [0.717, 1.165) is 29.7 Å². The molecular formula is C18H13F3N2O3S. The number of anilines is 2. The van der Waals surface area contributed by atoms with E-state index in [1.807, 2.05) is 18.2 Å². The SMILES string of the molecule is O=C(Nc1ccc(S(=O)(=O)Nc2cccc3ccccc23)cc1)C(F)(F)F. The van der Waals surface area contributed by atoms with Gasteiger partial charge in [-0.15, -0.1) is 0 Å². The minimum absolute atomic E-state index is 0.152. The first-order valence-corrected chi connectivity index (χ1v) is 9.14. The Bertz CT molecular complexity index is 1090. The smallest absolute Gasteiger partial charge is 0.318 e. The average Bonchev–Trinajstić information content (AvgIpc) is 2.61. The van der Waals surface area contributed by atoms with Crippen LogP contribution in [0.25, 0.3) is 10.8 Å². The molecule has 0 unspecified atom stereocenters. The third-order valence-corrected chi connectivity index (χ3v) is 5.10. The van der Waals surface area contributed by atoms with Gasteiger partial charge in [0.05, 0.1) is 10.6 Å². The van der Waals surface area contributed by atoms with Crippen LogP contribution < -0.4 is 10.0 Å². The molecule has 140 valence electrons. The zero-order valence-corrected chi connectivity index (χ0v) is 14.4. The van der Waals surface area contributed by atoms with Crippen LogP contribution in [0.1, 0.15) is 0 Å². The van der Waals surface area contributed by atoms with E-state index in [4.69, 9.17) is 0 Å². The molecule has 3 rings (SSSR count). The summed E-state index contributed by atoms with van der Waals surface area (Å²) in [6.07, 6.45) is -5.03. The number of carbonyl (C=O) groups is 1. The number of carbonyl (C=O) groups excluding carboxylic acids is 1. The van der Waals surface area contributed by atoms with Crippen LogP contribution in [-0.2, 0) is 14.8 Å². The van der Waals surface area contributed by atoms with Crippen molar-refractivity contribution in [1.82, 2.24) is 0 Å². The van der Waals surface area contributed by atoms with E-state index in [0.29, 0.717) is 11.1 Å². The molecule has 3 aromatic carbocycles. The highest BCUT2D eigenvalue weighted by Crippen LogP contribution is 2.26. The number of benzene rings is 3. The number of sulfonamides is 1. The van der Waals surface area contributed by atoms with E-state index in [9.17, 15) is 26.4 Å². The molecule has 5 nitrogen and oxygen atoms in total. The van der Waals surface area contributed by atoms with Crippen LogP contribution >= 0.6 is 0 Å². The first kappa shape index (κ1) is 18.7. The first-order chi connectivity index (χ1) is 12.7. The Labute approximate surface area is 152 Å². The number of fused-ring (bicyclic) bond motifs is 1. The lowest BCUT2D eigenvalue weighted by Crippen LogP contribution is -2.29. The lowest BCUT2D eigenvalue weighted by molar-refractivity contribution is -0.167. The Morgan fingerprint density at radius 2 is 1.48 bits per heavy atom. The molecule has 0 radical (unpaired) electrons. The molecule has 0 heterocycles. The van der Waals surface area contributed by atoms with E-state index in [1.54, 1.807) is 29.6 Å². The molecule has 0 aliphatic rings. The molecule has 3 aromatic rings. The maximum Gasteiger partial charge on any atom is 0.471 e. The fourth-order valence-corrected chi connectivity index (χ4v) is 3.52. The normalized spacial score (nSPS) is 12.0. The van der Waals surface area contributed by atoms with Gasteiger partial charge in [0.15, 0.2) is 0 Å². The number of alkyl halides is 3. The molecular weight excluding hydrogens is 381 g/mol. The molecule has 1 amide bonds. The van der Waals surface area contributed by atoms with Crippen molar-refractivity contribution in [1.29, 1.82) is 0 Å². The van der Waals surface area contributed by atoms with Gasteiger partial charge in [-0.05, 0) is 35.7 Å². The summed E-state index contributed by atoms with van der Waals surface area (Å²) < 4.78 is 64.4. The largest absolute Gasteiger partial charge is 0.471 e. The van der Waals surface area contributed by atoms with Gasteiger partial charge in [0.25, 0.3) is 10.0 Å². The molecule has 0 aliphatic carbocycles. The second kappa shape index (κ2) is 6.92. The van der Waals surface area contributed by atoms with Crippen LogP contribution in [0.5, 0.6) is 0 Å². The quantitative estimate of drug-likeness (QED) is 0.698. The Hall–Kier alpha value is -3.07. The molecule has 0 atom stereocenters. The summed E-state index contributed by atoms with van der Waals surface area (Å²) in [4.78, 5) is 10.8. The van der Waals surface area contributed by atoms with Gasteiger partial charge in [-0.3, -0.25) is 9.52 Å². The molecule has 2 N–H and O–H groups in total. The summed E-state index contributed by atoms with van der Waals surface area (Å²) >= 11 is 0. The predicted molar refractivity (Wildman–Crippen MR) is 95.9 cm³/mol. The summed E-state index contributed by atoms with van der Waals surface area (Å²) in [5, 5.41) is 3.21. The topological polar surface area (TPSA) is 75.3 Å². The third-order valence-electron chi connectivity index (χ3n) is 3.71. The maximum atomic E-state index is 12.6. The van der Waals surface area contributed by atoms with E-state index in [1.165, 1.54) is 0 Å². The van der Waals surface area contributed by atoms with Crippen LogP contribution in [-0.4, -0.2) is 20.5 Å². The maximum absolute atomic E-state index is 12.6. The lowest BCUT2D eigenvalue weighted by Gasteiger charge is -2.12. The Morgan fingerprint density at radius 1 is 0.852 bits per heavy atom. The fraction of sp³-hybridized carbons (Fsp3) is 0.0556. The summed E-state index contributed by atoms with van der Waals surface area (Å²) in [5.74, 6) is -2.13. The van der Waals surface area contributed by atoms with Gasteiger partial charge in [0, 0.05) is 11.1 Å². The van der Waals surface area contributed by atoms with E-state index >= 15 is 0 Å². The Balaban J connectivity index is 1.84. The molecule has 27 heavy (non-hydrogen) atoms. The van der Waals surface area contributed by atoms with Crippen molar-refractivity contribution in [3.05, 3.63) is 66.7 Å². The second-order valence-electron chi connectivity index (χ2n) is 5.61. The average molecular weight is 394 g/mol. The van der Waals surface area contributed by atoms with Crippen molar-refractivity contribution in [2.75, 3.05) is 10.0 Å². The number of rotatable bonds is 4. The van der Waals surface area contributed by atoms with Crippen LogP contribution in [0, 0.1) is 0 Å². The number of hydrogen-bond acceptors (Lipinski definition) is 3. The molecule has 0 saturated heterocycles. The van der Waals surface area contributed by atoms with Gasteiger partial charge >= 0.3 is 12.1 Å². The predicted octanol–water partition coefficient (Wildman–Crippen LogP) is 4.14.